The molecule has 0 saturated carbocycles. The van der Waals surface area contributed by atoms with Gasteiger partial charge in [0, 0.05) is 44.1 Å². The van der Waals surface area contributed by atoms with Crippen molar-refractivity contribution in [2.24, 2.45) is 0 Å². The van der Waals surface area contributed by atoms with Crippen LogP contribution in [0.5, 0.6) is 0 Å². The van der Waals surface area contributed by atoms with Crippen molar-refractivity contribution >= 4 is 10.0 Å². The normalized spacial score (nSPS) is 12.3. The summed E-state index contributed by atoms with van der Waals surface area (Å²) < 4.78 is 30.8. The lowest BCUT2D eigenvalue weighted by Crippen LogP contribution is -2.30. The van der Waals surface area contributed by atoms with Gasteiger partial charge < -0.3 is 0 Å². The van der Waals surface area contributed by atoms with Gasteiger partial charge in [-0.15, -0.1) is 0 Å². The number of hydrogen-bond acceptors (Lipinski definition) is 4. The molecule has 2 aromatic heterocycles. The fourth-order valence-electron chi connectivity index (χ4n) is 2.49. The van der Waals surface area contributed by atoms with Crippen LogP contribution in [-0.2, 0) is 29.7 Å². The minimum atomic E-state index is -3.57. The molecule has 0 spiro atoms. The molecule has 7 nitrogen and oxygen atoms in total. The van der Waals surface area contributed by atoms with Crippen LogP contribution in [0.25, 0.3) is 0 Å². The zero-order valence-corrected chi connectivity index (χ0v) is 15.3. The Morgan fingerprint density at radius 3 is 2.04 bits per heavy atom. The topological polar surface area (TPSA) is 73.0 Å². The summed E-state index contributed by atoms with van der Waals surface area (Å²) in [5.74, 6) is 0. The van der Waals surface area contributed by atoms with E-state index in [1.807, 2.05) is 38.6 Å². The van der Waals surface area contributed by atoms with Crippen LogP contribution >= 0.6 is 0 Å². The van der Waals surface area contributed by atoms with E-state index in [1.165, 1.54) is 4.31 Å². The Hall–Kier alpha value is -1.67. The van der Waals surface area contributed by atoms with Gasteiger partial charge in [0.2, 0.25) is 10.0 Å². The van der Waals surface area contributed by atoms with Gasteiger partial charge >= 0.3 is 0 Å². The molecule has 2 aromatic rings. The lowest BCUT2D eigenvalue weighted by atomic mass is 10.2. The second kappa shape index (κ2) is 6.84. The van der Waals surface area contributed by atoms with E-state index in [-0.39, 0.29) is 4.90 Å². The van der Waals surface area contributed by atoms with Gasteiger partial charge in [-0.25, -0.2) is 8.42 Å². The number of aromatic nitrogens is 4. The third-order valence-corrected chi connectivity index (χ3v) is 5.94. The van der Waals surface area contributed by atoms with Crippen molar-refractivity contribution in [3.8, 4) is 0 Å². The van der Waals surface area contributed by atoms with E-state index < -0.39 is 10.0 Å². The predicted octanol–water partition coefficient (Wildman–Crippen LogP) is 1.95. The first-order valence-corrected chi connectivity index (χ1v) is 9.34. The van der Waals surface area contributed by atoms with Gasteiger partial charge in [-0.3, -0.25) is 9.36 Å². The van der Waals surface area contributed by atoms with Crippen LogP contribution in [-0.4, -0.2) is 38.8 Å². The molecule has 0 aliphatic rings. The molecule has 0 fully saturated rings. The lowest BCUT2D eigenvalue weighted by molar-refractivity contribution is 0.422. The third-order valence-electron chi connectivity index (χ3n) is 3.91. The number of hydrogen-bond donors (Lipinski definition) is 0. The predicted molar refractivity (Wildman–Crippen MR) is 88.5 cm³/mol. The second-order valence-corrected chi connectivity index (χ2v) is 7.37. The van der Waals surface area contributed by atoms with Crippen LogP contribution in [0.15, 0.2) is 17.3 Å². The summed E-state index contributed by atoms with van der Waals surface area (Å²) in [5, 5.41) is 8.63. The smallest absolute Gasteiger partial charge is 0.246 e. The van der Waals surface area contributed by atoms with Crippen molar-refractivity contribution in [3.63, 3.8) is 0 Å². The molecule has 0 radical (unpaired) electrons. The molecule has 2 rings (SSSR count). The third kappa shape index (κ3) is 3.48. The van der Waals surface area contributed by atoms with Gasteiger partial charge in [0.15, 0.2) is 0 Å². The highest BCUT2D eigenvalue weighted by molar-refractivity contribution is 7.89. The van der Waals surface area contributed by atoms with Gasteiger partial charge in [-0.2, -0.15) is 14.5 Å². The summed E-state index contributed by atoms with van der Waals surface area (Å²) in [7, 11) is -3.57. The number of sulfonamides is 1. The van der Waals surface area contributed by atoms with E-state index in [1.54, 1.807) is 17.8 Å². The molecule has 0 saturated heterocycles. The summed E-state index contributed by atoms with van der Waals surface area (Å²) in [6.45, 7) is 11.5. The molecular weight excluding hydrogens is 314 g/mol. The monoisotopic (exact) mass is 339 g/mol. The van der Waals surface area contributed by atoms with Crippen molar-refractivity contribution in [1.82, 2.24) is 23.9 Å². The SMILES string of the molecule is CCN(Cc1cn(CC)nc1C)S(=O)(=O)c1cn(CC)nc1C. The molecule has 8 heteroatoms. The molecule has 0 N–H and O–H groups in total. The highest BCUT2D eigenvalue weighted by Gasteiger charge is 2.28. The summed E-state index contributed by atoms with van der Waals surface area (Å²) in [5.41, 5.74) is 2.32. The standard InChI is InChI=1S/C15H25N5O2S/c1-6-18-9-14(12(4)16-18)10-20(8-3)23(21,22)15-11-19(7-2)17-13(15)5/h9,11H,6-8,10H2,1-5H3. The Balaban J connectivity index is 2.34. The molecule has 2 heterocycles. The van der Waals surface area contributed by atoms with E-state index in [2.05, 4.69) is 10.2 Å². The Morgan fingerprint density at radius 1 is 1.00 bits per heavy atom. The van der Waals surface area contributed by atoms with Crippen LogP contribution < -0.4 is 0 Å². The largest absolute Gasteiger partial charge is 0.272 e. The van der Waals surface area contributed by atoms with Gasteiger partial charge in [-0.05, 0) is 27.7 Å². The van der Waals surface area contributed by atoms with Crippen molar-refractivity contribution in [2.75, 3.05) is 6.54 Å². The molecule has 0 aliphatic heterocycles. The van der Waals surface area contributed by atoms with Crippen molar-refractivity contribution in [1.29, 1.82) is 0 Å². The van der Waals surface area contributed by atoms with E-state index in [4.69, 9.17) is 0 Å². The minimum Gasteiger partial charge on any atom is -0.272 e. The van der Waals surface area contributed by atoms with Crippen LogP contribution in [0.1, 0.15) is 37.7 Å². The zero-order chi connectivity index (χ0) is 17.2. The molecule has 0 atom stereocenters. The quantitative estimate of drug-likeness (QED) is 0.773. The van der Waals surface area contributed by atoms with Gasteiger partial charge in [0.05, 0.1) is 11.4 Å². The van der Waals surface area contributed by atoms with E-state index in [9.17, 15) is 8.42 Å². The molecule has 0 unspecified atom stereocenters. The number of aryl methyl sites for hydroxylation is 4. The van der Waals surface area contributed by atoms with E-state index >= 15 is 0 Å². The number of rotatable bonds is 7. The maximum Gasteiger partial charge on any atom is 0.246 e. The maximum absolute atomic E-state index is 13.0. The van der Waals surface area contributed by atoms with Gasteiger partial charge in [-0.1, -0.05) is 6.92 Å². The number of nitrogens with zero attached hydrogens (tertiary/aromatic N) is 5. The Bertz CT molecular complexity index is 776. The van der Waals surface area contributed by atoms with Gasteiger partial charge in [0.25, 0.3) is 0 Å². The Labute approximate surface area is 138 Å². The molecular formula is C15H25N5O2S. The van der Waals surface area contributed by atoms with E-state index in [0.29, 0.717) is 25.3 Å². The van der Waals surface area contributed by atoms with Crippen molar-refractivity contribution < 1.29 is 8.42 Å². The Kier molecular flexibility index (Phi) is 5.26. The first-order valence-electron chi connectivity index (χ1n) is 7.90. The highest BCUT2D eigenvalue weighted by atomic mass is 32.2. The lowest BCUT2D eigenvalue weighted by Gasteiger charge is -2.19. The molecule has 128 valence electrons. The molecule has 0 aliphatic carbocycles. The minimum absolute atomic E-state index is 0.279. The fraction of sp³-hybridized carbons (Fsp3) is 0.600. The molecule has 0 aromatic carbocycles. The molecule has 23 heavy (non-hydrogen) atoms. The first kappa shape index (κ1) is 17.7. The summed E-state index contributed by atoms with van der Waals surface area (Å²) in [6.07, 6.45) is 3.52. The van der Waals surface area contributed by atoms with Crippen LogP contribution in [0.3, 0.4) is 0 Å². The van der Waals surface area contributed by atoms with Crippen LogP contribution in [0, 0.1) is 13.8 Å². The van der Waals surface area contributed by atoms with E-state index in [0.717, 1.165) is 17.8 Å². The fourth-order valence-corrected chi connectivity index (χ4v) is 4.08. The average molecular weight is 339 g/mol. The van der Waals surface area contributed by atoms with Gasteiger partial charge in [0.1, 0.15) is 4.90 Å². The average Bonchev–Trinajstić information content (AvgIpc) is 3.07. The Morgan fingerprint density at radius 2 is 1.57 bits per heavy atom. The summed E-state index contributed by atoms with van der Waals surface area (Å²) in [6, 6.07) is 0. The summed E-state index contributed by atoms with van der Waals surface area (Å²) >= 11 is 0. The van der Waals surface area contributed by atoms with Crippen molar-refractivity contribution in [2.45, 2.75) is 59.1 Å². The zero-order valence-electron chi connectivity index (χ0n) is 14.4. The molecule has 0 amide bonds. The maximum atomic E-state index is 13.0. The van der Waals surface area contributed by atoms with Crippen LogP contribution in [0.4, 0.5) is 0 Å². The van der Waals surface area contributed by atoms with Crippen molar-refractivity contribution in [3.05, 3.63) is 29.3 Å². The highest BCUT2D eigenvalue weighted by Crippen LogP contribution is 2.21. The summed E-state index contributed by atoms with van der Waals surface area (Å²) in [4.78, 5) is 0.279. The second-order valence-electron chi connectivity index (χ2n) is 5.46. The molecule has 0 bridgehead atoms. The van der Waals surface area contributed by atoms with Crippen LogP contribution in [0.2, 0.25) is 0 Å². The first-order chi connectivity index (χ1) is 10.8.